The van der Waals surface area contributed by atoms with Crippen molar-refractivity contribution in [3.63, 3.8) is 0 Å². The van der Waals surface area contributed by atoms with Crippen LogP contribution in [0, 0.1) is 5.21 Å². The molecule has 0 aliphatic carbocycles. The van der Waals surface area contributed by atoms with Crippen molar-refractivity contribution in [2.45, 2.75) is 0 Å². The van der Waals surface area contributed by atoms with E-state index in [-0.39, 0.29) is 10.8 Å². The molecule has 0 bridgehead atoms. The van der Waals surface area contributed by atoms with Gasteiger partial charge in [0.2, 0.25) is 5.95 Å². The molecular formula is CH6N6O2. The van der Waals surface area contributed by atoms with E-state index in [1.807, 2.05) is 0 Å². The third kappa shape index (κ3) is 1.88. The fraction of sp³-hybridized carbons (Fsp3) is 0. The minimum Gasteiger partial charge on any atom is -0.787 e. The molecule has 0 radical (unpaired) electrons. The first-order valence-electron chi connectivity index (χ1n) is 1.83. The molecule has 52 valence electrons. The standard InChI is InChI=1S/CH2N5O.H4NO/c2-1-3-4-5-6(1)7;1-2/h(H2,2,3,5);2H,1H3/q-1;+1. The van der Waals surface area contributed by atoms with Gasteiger partial charge in [0.1, 0.15) is 0 Å². The van der Waals surface area contributed by atoms with Gasteiger partial charge >= 0.3 is 0 Å². The van der Waals surface area contributed by atoms with E-state index in [2.05, 4.69) is 21.4 Å². The van der Waals surface area contributed by atoms with Gasteiger partial charge in [-0.25, -0.2) is 15.9 Å². The first-order valence-corrected chi connectivity index (χ1v) is 1.83. The molecule has 9 heavy (non-hydrogen) atoms. The minimum absolute atomic E-state index is 0.139. The van der Waals surface area contributed by atoms with Crippen LogP contribution in [0.1, 0.15) is 0 Å². The van der Waals surface area contributed by atoms with Crippen molar-refractivity contribution in [3.8, 4) is 0 Å². The Morgan fingerprint density at radius 3 is 2.33 bits per heavy atom. The summed E-state index contributed by atoms with van der Waals surface area (Å²) in [6.45, 7) is 0. The highest BCUT2D eigenvalue weighted by molar-refractivity contribution is 5.10. The van der Waals surface area contributed by atoms with Gasteiger partial charge < -0.3 is 10.9 Å². The fourth-order valence-electron chi connectivity index (χ4n) is 0.186. The molecule has 0 atom stereocenters. The van der Waals surface area contributed by atoms with Crippen LogP contribution in [0.2, 0.25) is 0 Å². The zero-order chi connectivity index (χ0) is 7.28. The smallest absolute Gasteiger partial charge is 0.236 e. The van der Waals surface area contributed by atoms with E-state index in [0.717, 1.165) is 0 Å². The molecule has 1 rings (SSSR count). The first kappa shape index (κ1) is 7.59. The Bertz CT molecular complexity index is 143. The largest absolute Gasteiger partial charge is 0.787 e. The summed E-state index contributed by atoms with van der Waals surface area (Å²) in [5, 5.41) is 25.6. The van der Waals surface area contributed by atoms with E-state index >= 15 is 0 Å². The van der Waals surface area contributed by atoms with Crippen molar-refractivity contribution >= 4 is 5.95 Å². The number of nitrogens with two attached hydrogens (primary N) is 1. The zero-order valence-corrected chi connectivity index (χ0v) is 4.43. The van der Waals surface area contributed by atoms with Gasteiger partial charge in [0.15, 0.2) is 0 Å². The van der Waals surface area contributed by atoms with Gasteiger partial charge in [-0.3, -0.25) is 0 Å². The molecule has 0 aliphatic heterocycles. The number of anilines is 1. The van der Waals surface area contributed by atoms with Crippen molar-refractivity contribution in [2.75, 3.05) is 5.73 Å². The highest BCUT2D eigenvalue weighted by Crippen LogP contribution is 1.83. The van der Waals surface area contributed by atoms with E-state index in [0.29, 0.717) is 0 Å². The Hall–Kier alpha value is -1.41. The van der Waals surface area contributed by atoms with Crippen molar-refractivity contribution in [3.05, 3.63) is 5.21 Å². The predicted octanol–water partition coefficient (Wildman–Crippen LogP) is -2.78. The van der Waals surface area contributed by atoms with Crippen LogP contribution in [0.25, 0.3) is 0 Å². The van der Waals surface area contributed by atoms with E-state index in [1.54, 1.807) is 0 Å². The van der Waals surface area contributed by atoms with Gasteiger partial charge in [-0.15, -0.1) is 0 Å². The summed E-state index contributed by atoms with van der Waals surface area (Å²) in [6.07, 6.45) is 0. The minimum atomic E-state index is -0.222. The number of tetrazole rings is 1. The number of rotatable bonds is 0. The number of nitrogens with zero attached hydrogens (tertiary/aromatic N) is 4. The maximum atomic E-state index is 9.97. The summed E-state index contributed by atoms with van der Waals surface area (Å²) < 4.78 is 0. The molecule has 0 saturated carbocycles. The molecule has 1 aromatic rings. The molecule has 6 N–H and O–H groups in total. The van der Waals surface area contributed by atoms with Crippen LogP contribution in [0.4, 0.5) is 5.95 Å². The van der Waals surface area contributed by atoms with Crippen LogP contribution in [-0.4, -0.2) is 25.6 Å². The predicted molar refractivity (Wildman–Crippen MR) is 25.7 cm³/mol. The molecule has 0 saturated heterocycles. The van der Waals surface area contributed by atoms with Crippen LogP contribution >= 0.6 is 0 Å². The van der Waals surface area contributed by atoms with Crippen LogP contribution in [0.5, 0.6) is 0 Å². The van der Waals surface area contributed by atoms with Crippen molar-refractivity contribution in [1.82, 2.24) is 20.4 Å². The maximum absolute atomic E-state index is 9.97. The van der Waals surface area contributed by atoms with Crippen LogP contribution in [-0.2, 0) is 0 Å². The SMILES string of the molecule is Nc1nnnn1[O-].[NH3+]O. The van der Waals surface area contributed by atoms with Gasteiger partial charge in [-0.1, -0.05) is 5.10 Å². The van der Waals surface area contributed by atoms with Crippen LogP contribution in [0.15, 0.2) is 0 Å². The molecule has 8 nitrogen and oxygen atoms in total. The lowest BCUT2D eigenvalue weighted by atomic mass is 11.1. The van der Waals surface area contributed by atoms with Crippen molar-refractivity contribution in [1.29, 1.82) is 0 Å². The Kier molecular flexibility index (Phi) is 3.01. The normalized spacial score (nSPS) is 7.78. The highest BCUT2D eigenvalue weighted by Gasteiger charge is 1.84. The second-order valence-electron chi connectivity index (χ2n) is 0.910. The van der Waals surface area contributed by atoms with E-state index in [1.165, 1.54) is 0 Å². The molecule has 0 unspecified atom stereocenters. The van der Waals surface area contributed by atoms with Crippen LogP contribution in [0.3, 0.4) is 0 Å². The van der Waals surface area contributed by atoms with Gasteiger partial charge in [0, 0.05) is 0 Å². The second-order valence-corrected chi connectivity index (χ2v) is 0.910. The monoisotopic (exact) mass is 134 g/mol. The lowest BCUT2D eigenvalue weighted by Gasteiger charge is -1.98. The summed E-state index contributed by atoms with van der Waals surface area (Å²) in [6, 6.07) is 0. The van der Waals surface area contributed by atoms with Gasteiger partial charge in [-0.2, -0.15) is 0 Å². The maximum Gasteiger partial charge on any atom is 0.236 e. The fourth-order valence-corrected chi connectivity index (χ4v) is 0.186. The molecule has 0 amide bonds. The van der Waals surface area contributed by atoms with Gasteiger partial charge in [0.05, 0.1) is 0 Å². The van der Waals surface area contributed by atoms with Crippen molar-refractivity contribution < 1.29 is 11.1 Å². The van der Waals surface area contributed by atoms with E-state index in [9.17, 15) is 5.21 Å². The summed E-state index contributed by atoms with van der Waals surface area (Å²) in [4.78, 5) is 0.139. The summed E-state index contributed by atoms with van der Waals surface area (Å²) in [5.74, 6) is 2.03. The number of quaternary nitrogens is 1. The Morgan fingerprint density at radius 1 is 1.67 bits per heavy atom. The third-order valence-corrected chi connectivity index (χ3v) is 0.464. The molecule has 0 spiro atoms. The number of nitrogen functional groups attached to an aromatic ring is 1. The molecule has 1 heterocycles. The van der Waals surface area contributed by atoms with Gasteiger partial charge in [0.25, 0.3) is 0 Å². The molecule has 8 heteroatoms. The number of aromatic nitrogens is 4. The molecule has 0 aromatic carbocycles. The lowest BCUT2D eigenvalue weighted by molar-refractivity contribution is -0.670. The molecular weight excluding hydrogens is 128 g/mol. The Labute approximate surface area is 49.6 Å². The van der Waals surface area contributed by atoms with E-state index < -0.39 is 0 Å². The molecule has 1 aromatic heterocycles. The molecule has 0 fully saturated rings. The summed E-state index contributed by atoms with van der Waals surface area (Å²) in [5.41, 5.74) is 4.85. The quantitative estimate of drug-likeness (QED) is 0.328. The van der Waals surface area contributed by atoms with Gasteiger partial charge in [-0.05, 0) is 10.4 Å². The lowest BCUT2D eigenvalue weighted by Crippen LogP contribution is -2.42. The van der Waals surface area contributed by atoms with Crippen LogP contribution < -0.4 is 11.6 Å². The Balaban J connectivity index is 0.000000291. The average Bonchev–Trinajstić information content (AvgIpc) is 2.23. The third-order valence-electron chi connectivity index (χ3n) is 0.464. The average molecular weight is 134 g/mol. The van der Waals surface area contributed by atoms with Crippen molar-refractivity contribution in [2.24, 2.45) is 0 Å². The second kappa shape index (κ2) is 3.57. The number of hydrogen-bond donors (Lipinski definition) is 3. The number of hydrogen-bond acceptors (Lipinski definition) is 6. The summed E-state index contributed by atoms with van der Waals surface area (Å²) >= 11 is 0. The first-order chi connectivity index (χ1) is 4.30. The zero-order valence-electron chi connectivity index (χ0n) is 4.43. The summed E-state index contributed by atoms with van der Waals surface area (Å²) in [7, 11) is 0. The topological polar surface area (TPSA) is 141 Å². The highest BCUT2D eigenvalue weighted by atomic mass is 16.5. The van der Waals surface area contributed by atoms with E-state index in [4.69, 9.17) is 10.9 Å². The Morgan fingerprint density at radius 2 is 2.22 bits per heavy atom. The molecule has 0 aliphatic rings.